The fourth-order valence-electron chi connectivity index (χ4n) is 3.84. The number of benzene rings is 2. The fourth-order valence-corrected chi connectivity index (χ4v) is 4.87. The van der Waals surface area contributed by atoms with E-state index in [9.17, 15) is 19.7 Å². The van der Waals surface area contributed by atoms with Gasteiger partial charge in [-0.3, -0.25) is 0 Å². The van der Waals surface area contributed by atoms with Crippen LogP contribution in [0.15, 0.2) is 54.6 Å². The minimum atomic E-state index is -1.03. The molecule has 1 aliphatic heterocycles. The van der Waals surface area contributed by atoms with Gasteiger partial charge in [0.05, 0.1) is 18.8 Å². The van der Waals surface area contributed by atoms with Gasteiger partial charge in [-0.05, 0) is 53.4 Å². The smallest absolute Gasteiger partial charge is 0.123 e. The molecule has 4 atom stereocenters. The van der Waals surface area contributed by atoms with Crippen molar-refractivity contribution in [3.8, 4) is 10.4 Å². The third kappa shape index (κ3) is 5.61. The summed E-state index contributed by atoms with van der Waals surface area (Å²) < 4.78 is 19.0. The van der Waals surface area contributed by atoms with Crippen molar-refractivity contribution in [2.24, 2.45) is 0 Å². The van der Waals surface area contributed by atoms with Crippen molar-refractivity contribution in [3.05, 3.63) is 82.0 Å². The number of hydrogen-bond donors (Lipinski definition) is 4. The Morgan fingerprint density at radius 2 is 1.75 bits per heavy atom. The Bertz CT molecular complexity index is 1000. The maximum absolute atomic E-state index is 13.2. The molecule has 3 aromatic rings. The topological polar surface area (TPSA) is 90.2 Å². The zero-order valence-corrected chi connectivity index (χ0v) is 18.9. The van der Waals surface area contributed by atoms with E-state index < -0.39 is 24.4 Å². The van der Waals surface area contributed by atoms with Gasteiger partial charge in [-0.25, -0.2) is 4.39 Å². The minimum Gasteiger partial charge on any atom is -0.400 e. The average Bonchev–Trinajstić information content (AvgIpc) is 3.27. The van der Waals surface area contributed by atoms with Gasteiger partial charge in [0.1, 0.15) is 18.0 Å². The maximum atomic E-state index is 13.2. The number of halogens is 1. The van der Waals surface area contributed by atoms with E-state index in [0.717, 1.165) is 40.7 Å². The average molecular weight is 461 g/mol. The number of aliphatic hydroxyl groups is 4. The summed E-state index contributed by atoms with van der Waals surface area (Å²) >= 11 is 1.67. The molecule has 0 amide bonds. The first-order valence-electron chi connectivity index (χ1n) is 10.5. The van der Waals surface area contributed by atoms with Crippen molar-refractivity contribution < 1.29 is 29.6 Å². The number of rotatable bonds is 5. The molecule has 0 spiro atoms. The molecule has 2 heterocycles. The van der Waals surface area contributed by atoms with Crippen LogP contribution in [-0.2, 0) is 11.2 Å². The van der Waals surface area contributed by atoms with Gasteiger partial charge in [-0.2, -0.15) is 0 Å². The van der Waals surface area contributed by atoms with E-state index in [1.165, 1.54) is 17.0 Å². The molecule has 32 heavy (non-hydrogen) atoms. The minimum absolute atomic E-state index is 0.194. The van der Waals surface area contributed by atoms with Crippen molar-refractivity contribution in [3.63, 3.8) is 0 Å². The molecule has 4 N–H and O–H groups in total. The monoisotopic (exact) mass is 460 g/mol. The Labute approximate surface area is 191 Å². The van der Waals surface area contributed by atoms with E-state index in [4.69, 9.17) is 9.84 Å². The van der Waals surface area contributed by atoms with Crippen LogP contribution in [0.3, 0.4) is 0 Å². The van der Waals surface area contributed by atoms with Crippen LogP contribution in [0, 0.1) is 12.7 Å². The summed E-state index contributed by atoms with van der Waals surface area (Å²) in [5.74, 6) is -0.247. The van der Waals surface area contributed by atoms with E-state index >= 15 is 0 Å². The Morgan fingerprint density at radius 3 is 2.44 bits per heavy atom. The summed E-state index contributed by atoms with van der Waals surface area (Å²) in [5.41, 5.74) is 4.01. The molecule has 0 radical (unpaired) electrons. The van der Waals surface area contributed by atoms with Crippen LogP contribution in [0.1, 0.15) is 34.1 Å². The predicted octanol–water partition coefficient (Wildman–Crippen LogP) is 3.61. The summed E-state index contributed by atoms with van der Waals surface area (Å²) in [7, 11) is 1.00. The Kier molecular flexibility index (Phi) is 8.53. The highest BCUT2D eigenvalue weighted by Gasteiger charge is 2.37. The Morgan fingerprint density at radius 1 is 1.03 bits per heavy atom. The lowest BCUT2D eigenvalue weighted by atomic mass is 9.91. The number of thiophene rings is 1. The molecule has 2 aromatic carbocycles. The lowest BCUT2D eigenvalue weighted by Gasteiger charge is -2.37. The molecule has 1 saturated heterocycles. The molecule has 1 aliphatic rings. The molecule has 172 valence electrons. The van der Waals surface area contributed by atoms with E-state index in [0.29, 0.717) is 0 Å². The summed E-state index contributed by atoms with van der Waals surface area (Å²) in [6.07, 6.45) is -2.19. The van der Waals surface area contributed by atoms with Crippen LogP contribution < -0.4 is 0 Å². The molecule has 5 nitrogen and oxygen atoms in total. The molecular weight excluding hydrogens is 431 g/mol. The van der Waals surface area contributed by atoms with Gasteiger partial charge in [0, 0.05) is 29.7 Å². The molecule has 0 saturated carbocycles. The summed E-state index contributed by atoms with van der Waals surface area (Å²) in [5, 5.41) is 37.0. The van der Waals surface area contributed by atoms with Crippen LogP contribution in [0.2, 0.25) is 0 Å². The molecule has 7 heteroatoms. The molecule has 0 unspecified atom stereocenters. The summed E-state index contributed by atoms with van der Waals surface area (Å²) in [4.78, 5) is 2.26. The van der Waals surface area contributed by atoms with E-state index in [2.05, 4.69) is 6.07 Å². The number of hydrogen-bond acceptors (Lipinski definition) is 6. The van der Waals surface area contributed by atoms with Gasteiger partial charge in [-0.1, -0.05) is 30.3 Å². The molecular formula is C25H29FO5S. The summed E-state index contributed by atoms with van der Waals surface area (Å²) in [6.45, 7) is 1.84. The van der Waals surface area contributed by atoms with E-state index in [1.807, 2.05) is 31.2 Å². The van der Waals surface area contributed by atoms with Crippen LogP contribution in [0.5, 0.6) is 0 Å². The van der Waals surface area contributed by atoms with Gasteiger partial charge in [0.25, 0.3) is 0 Å². The second-order valence-corrected chi connectivity index (χ2v) is 8.96. The number of aryl methyl sites for hydroxylation is 1. The zero-order valence-electron chi connectivity index (χ0n) is 18.1. The standard InChI is InChI=1S/C24H25FO4S.CH4O/c1-14-2-3-16(24-23(28)21(27)12-19(13-26)29-24)10-17(14)11-20-8-9-22(30-20)15-4-6-18(25)7-5-15;1-2/h2-10,19,21,23-24,26-28H,11-13H2,1H3;2H,1H3/t19-,21-,23+,24-;/m0./s1. The summed E-state index contributed by atoms with van der Waals surface area (Å²) in [6, 6.07) is 16.5. The number of ether oxygens (including phenoxy) is 1. The molecule has 0 aliphatic carbocycles. The Hall–Kier alpha value is -2.13. The zero-order chi connectivity index (χ0) is 23.3. The van der Waals surface area contributed by atoms with Crippen LogP contribution in [-0.4, -0.2) is 52.5 Å². The van der Waals surface area contributed by atoms with Crippen molar-refractivity contribution in [1.29, 1.82) is 0 Å². The van der Waals surface area contributed by atoms with Crippen molar-refractivity contribution in [1.82, 2.24) is 0 Å². The highest BCUT2D eigenvalue weighted by atomic mass is 32.1. The highest BCUT2D eigenvalue weighted by Crippen LogP contribution is 2.34. The largest absolute Gasteiger partial charge is 0.400 e. The molecule has 1 aromatic heterocycles. The Balaban J connectivity index is 0.00000141. The highest BCUT2D eigenvalue weighted by molar-refractivity contribution is 7.15. The first kappa shape index (κ1) is 24.5. The molecule has 4 rings (SSSR count). The van der Waals surface area contributed by atoms with Gasteiger partial charge >= 0.3 is 0 Å². The first-order valence-corrected chi connectivity index (χ1v) is 11.3. The normalized spacial score (nSPS) is 22.8. The van der Waals surface area contributed by atoms with E-state index in [-0.39, 0.29) is 18.8 Å². The third-order valence-corrected chi connectivity index (χ3v) is 6.74. The van der Waals surface area contributed by atoms with Crippen LogP contribution >= 0.6 is 11.3 Å². The SMILES string of the molecule is CO.Cc1ccc([C@@H]2O[C@H](CO)C[C@H](O)[C@H]2O)cc1Cc1ccc(-c2ccc(F)cc2)s1. The van der Waals surface area contributed by atoms with Gasteiger partial charge in [-0.15, -0.1) is 11.3 Å². The third-order valence-electron chi connectivity index (χ3n) is 5.61. The first-order chi connectivity index (χ1) is 15.4. The van der Waals surface area contributed by atoms with Gasteiger partial charge < -0.3 is 25.2 Å². The fraction of sp³-hybridized carbons (Fsp3) is 0.360. The lowest BCUT2D eigenvalue weighted by Crippen LogP contribution is -2.44. The van der Waals surface area contributed by atoms with Crippen molar-refractivity contribution in [2.75, 3.05) is 13.7 Å². The van der Waals surface area contributed by atoms with Gasteiger partial charge in [0.15, 0.2) is 0 Å². The van der Waals surface area contributed by atoms with Crippen LogP contribution in [0.4, 0.5) is 4.39 Å². The van der Waals surface area contributed by atoms with E-state index in [1.54, 1.807) is 23.5 Å². The maximum Gasteiger partial charge on any atom is 0.123 e. The number of aliphatic hydroxyl groups excluding tert-OH is 4. The van der Waals surface area contributed by atoms with Crippen LogP contribution in [0.25, 0.3) is 10.4 Å². The quantitative estimate of drug-likeness (QED) is 0.467. The molecule has 1 fully saturated rings. The second kappa shape index (κ2) is 11.1. The van der Waals surface area contributed by atoms with Gasteiger partial charge in [0.2, 0.25) is 0 Å². The second-order valence-electron chi connectivity index (χ2n) is 7.79. The van der Waals surface area contributed by atoms with Crippen molar-refractivity contribution in [2.45, 2.75) is 44.2 Å². The molecule has 0 bridgehead atoms. The predicted molar refractivity (Wildman–Crippen MR) is 123 cm³/mol. The van der Waals surface area contributed by atoms with Crippen molar-refractivity contribution >= 4 is 11.3 Å². The lowest BCUT2D eigenvalue weighted by molar-refractivity contribution is -0.179.